The Morgan fingerprint density at radius 2 is 0.857 bits per heavy atom. The van der Waals surface area contributed by atoms with E-state index in [2.05, 4.69) is 10.6 Å². The molecule has 0 aliphatic carbocycles. The first-order chi connectivity index (χ1) is 6.62. The average molecular weight is 200 g/mol. The molecule has 0 aliphatic rings. The van der Waals surface area contributed by atoms with Crippen molar-refractivity contribution in [3.05, 3.63) is 24.3 Å². The lowest BCUT2D eigenvalue weighted by Gasteiger charge is -1.88. The SMILES string of the molecule is CNC.CNC.Oc1ccc(O)cc1. The summed E-state index contributed by atoms with van der Waals surface area (Å²) in [5.41, 5.74) is 0. The highest BCUT2D eigenvalue weighted by molar-refractivity contribution is 5.28. The topological polar surface area (TPSA) is 64.5 Å². The van der Waals surface area contributed by atoms with E-state index in [9.17, 15) is 0 Å². The Labute approximate surface area is 85.6 Å². The molecular weight excluding hydrogens is 180 g/mol. The Balaban J connectivity index is 0. The van der Waals surface area contributed by atoms with Crippen molar-refractivity contribution in [3.8, 4) is 11.5 Å². The molecule has 0 amide bonds. The van der Waals surface area contributed by atoms with Crippen LogP contribution >= 0.6 is 0 Å². The van der Waals surface area contributed by atoms with Gasteiger partial charge in [-0.15, -0.1) is 0 Å². The first-order valence-corrected chi connectivity index (χ1v) is 4.27. The van der Waals surface area contributed by atoms with Crippen molar-refractivity contribution in [1.29, 1.82) is 0 Å². The monoisotopic (exact) mass is 200 g/mol. The molecule has 0 unspecified atom stereocenters. The fourth-order valence-electron chi connectivity index (χ4n) is 0.453. The van der Waals surface area contributed by atoms with E-state index in [4.69, 9.17) is 10.2 Å². The maximum Gasteiger partial charge on any atom is 0.115 e. The molecular formula is C10H20N2O2. The third-order valence-electron chi connectivity index (χ3n) is 0.850. The molecule has 1 rings (SSSR count). The van der Waals surface area contributed by atoms with Crippen molar-refractivity contribution in [1.82, 2.24) is 10.6 Å². The fourth-order valence-corrected chi connectivity index (χ4v) is 0.453. The van der Waals surface area contributed by atoms with E-state index in [-0.39, 0.29) is 11.5 Å². The molecule has 4 N–H and O–H groups in total. The van der Waals surface area contributed by atoms with E-state index in [1.54, 1.807) is 0 Å². The predicted molar refractivity (Wildman–Crippen MR) is 59.7 cm³/mol. The highest BCUT2D eigenvalue weighted by atomic mass is 16.3. The number of hydrogen-bond donors (Lipinski definition) is 4. The zero-order valence-corrected chi connectivity index (χ0v) is 9.20. The van der Waals surface area contributed by atoms with Crippen LogP contribution in [0.2, 0.25) is 0 Å². The fraction of sp³-hybridized carbons (Fsp3) is 0.400. The highest BCUT2D eigenvalue weighted by Crippen LogP contribution is 2.13. The summed E-state index contributed by atoms with van der Waals surface area (Å²) in [6.07, 6.45) is 0. The molecule has 82 valence electrons. The maximum atomic E-state index is 8.65. The van der Waals surface area contributed by atoms with Crippen molar-refractivity contribution < 1.29 is 10.2 Å². The van der Waals surface area contributed by atoms with Crippen LogP contribution < -0.4 is 10.6 Å². The van der Waals surface area contributed by atoms with Gasteiger partial charge in [0.2, 0.25) is 0 Å². The van der Waals surface area contributed by atoms with Crippen LogP contribution in [0.5, 0.6) is 11.5 Å². The van der Waals surface area contributed by atoms with Crippen molar-refractivity contribution in [2.45, 2.75) is 0 Å². The molecule has 14 heavy (non-hydrogen) atoms. The lowest BCUT2D eigenvalue weighted by molar-refractivity contribution is 0.460. The largest absolute Gasteiger partial charge is 0.508 e. The third kappa shape index (κ3) is 13.3. The van der Waals surface area contributed by atoms with Crippen LogP contribution in [0.3, 0.4) is 0 Å². The van der Waals surface area contributed by atoms with Gasteiger partial charge in [0.25, 0.3) is 0 Å². The molecule has 1 aromatic rings. The van der Waals surface area contributed by atoms with Crippen molar-refractivity contribution in [2.75, 3.05) is 28.2 Å². The first kappa shape index (κ1) is 15.2. The van der Waals surface area contributed by atoms with Crippen LogP contribution in [0.15, 0.2) is 24.3 Å². The van der Waals surface area contributed by atoms with Crippen LogP contribution in [0.25, 0.3) is 0 Å². The molecule has 1 aromatic carbocycles. The van der Waals surface area contributed by atoms with Gasteiger partial charge in [-0.1, -0.05) is 0 Å². The van der Waals surface area contributed by atoms with E-state index in [1.165, 1.54) is 24.3 Å². The molecule has 4 heteroatoms. The van der Waals surface area contributed by atoms with Gasteiger partial charge < -0.3 is 20.8 Å². The summed E-state index contributed by atoms with van der Waals surface area (Å²) in [5.74, 6) is 0.339. The average Bonchev–Trinajstić information content (AvgIpc) is 2.13. The smallest absolute Gasteiger partial charge is 0.115 e. The van der Waals surface area contributed by atoms with E-state index in [1.807, 2.05) is 28.2 Å². The highest BCUT2D eigenvalue weighted by Gasteiger charge is 1.84. The maximum absolute atomic E-state index is 8.65. The van der Waals surface area contributed by atoms with Crippen LogP contribution in [0, 0.1) is 0 Å². The van der Waals surface area contributed by atoms with Gasteiger partial charge in [-0.3, -0.25) is 0 Å². The molecule has 0 spiro atoms. The van der Waals surface area contributed by atoms with Crippen LogP contribution in [0.4, 0.5) is 0 Å². The van der Waals surface area contributed by atoms with E-state index in [0.29, 0.717) is 0 Å². The summed E-state index contributed by atoms with van der Waals surface area (Å²) in [4.78, 5) is 0. The standard InChI is InChI=1S/C6H6O2.2C2H7N/c7-5-1-2-6(8)4-3-5;2*1-3-2/h1-4,7-8H;2*3H,1-2H3. The number of rotatable bonds is 0. The van der Waals surface area contributed by atoms with Crippen LogP contribution in [-0.4, -0.2) is 38.4 Å². The molecule has 0 saturated carbocycles. The second kappa shape index (κ2) is 11.7. The Kier molecular flexibility index (Phi) is 12.8. The van der Waals surface area contributed by atoms with Crippen molar-refractivity contribution in [3.63, 3.8) is 0 Å². The van der Waals surface area contributed by atoms with Gasteiger partial charge in [0.15, 0.2) is 0 Å². The van der Waals surface area contributed by atoms with Crippen LogP contribution in [0.1, 0.15) is 0 Å². The molecule has 0 aromatic heterocycles. The third-order valence-corrected chi connectivity index (χ3v) is 0.850. The molecule has 0 saturated heterocycles. The van der Waals surface area contributed by atoms with Gasteiger partial charge in [-0.2, -0.15) is 0 Å². The Morgan fingerprint density at radius 3 is 1.00 bits per heavy atom. The lowest BCUT2D eigenvalue weighted by atomic mass is 10.3. The Morgan fingerprint density at radius 1 is 0.714 bits per heavy atom. The van der Waals surface area contributed by atoms with Gasteiger partial charge >= 0.3 is 0 Å². The molecule has 0 bridgehead atoms. The number of nitrogens with one attached hydrogen (secondary N) is 2. The van der Waals surface area contributed by atoms with Crippen molar-refractivity contribution in [2.24, 2.45) is 0 Å². The number of benzene rings is 1. The minimum Gasteiger partial charge on any atom is -0.508 e. The molecule has 0 atom stereocenters. The molecule has 0 heterocycles. The summed E-state index contributed by atoms with van der Waals surface area (Å²) in [5, 5.41) is 22.8. The second-order valence-electron chi connectivity index (χ2n) is 2.52. The molecule has 0 radical (unpaired) electrons. The summed E-state index contributed by atoms with van der Waals surface area (Å²) < 4.78 is 0. The van der Waals surface area contributed by atoms with Gasteiger partial charge in [0.05, 0.1) is 0 Å². The van der Waals surface area contributed by atoms with E-state index < -0.39 is 0 Å². The van der Waals surface area contributed by atoms with E-state index >= 15 is 0 Å². The van der Waals surface area contributed by atoms with E-state index in [0.717, 1.165) is 0 Å². The Hall–Kier alpha value is -1.26. The minimum absolute atomic E-state index is 0.169. The molecule has 0 aliphatic heterocycles. The zero-order chi connectivity index (χ0) is 11.4. The number of phenolic OH excluding ortho intramolecular Hbond substituents is 2. The van der Waals surface area contributed by atoms with Gasteiger partial charge in [0.1, 0.15) is 11.5 Å². The van der Waals surface area contributed by atoms with Gasteiger partial charge in [-0.25, -0.2) is 0 Å². The molecule has 4 nitrogen and oxygen atoms in total. The quantitative estimate of drug-likeness (QED) is 0.467. The first-order valence-electron chi connectivity index (χ1n) is 4.27. The summed E-state index contributed by atoms with van der Waals surface area (Å²) >= 11 is 0. The number of aromatic hydroxyl groups is 2. The second-order valence-corrected chi connectivity index (χ2v) is 2.52. The summed E-state index contributed by atoms with van der Waals surface area (Å²) in [7, 11) is 7.50. The normalized spacial score (nSPS) is 7.71. The summed E-state index contributed by atoms with van der Waals surface area (Å²) in [6, 6.07) is 5.70. The van der Waals surface area contributed by atoms with Gasteiger partial charge in [0, 0.05) is 0 Å². The number of hydrogen-bond acceptors (Lipinski definition) is 4. The number of phenols is 2. The Bertz CT molecular complexity index is 177. The summed E-state index contributed by atoms with van der Waals surface area (Å²) in [6.45, 7) is 0. The van der Waals surface area contributed by atoms with Crippen molar-refractivity contribution >= 4 is 0 Å². The lowest BCUT2D eigenvalue weighted by Crippen LogP contribution is -1.89. The molecule has 0 fully saturated rings. The minimum atomic E-state index is 0.169. The van der Waals surface area contributed by atoms with Crippen LogP contribution in [-0.2, 0) is 0 Å². The van der Waals surface area contributed by atoms with Gasteiger partial charge in [-0.05, 0) is 52.5 Å². The zero-order valence-electron chi connectivity index (χ0n) is 9.20. The predicted octanol–water partition coefficient (Wildman–Crippen LogP) is 0.769.